The lowest BCUT2D eigenvalue weighted by atomic mass is 10.3. The van der Waals surface area contributed by atoms with Crippen molar-refractivity contribution in [3.8, 4) is 5.88 Å². The van der Waals surface area contributed by atoms with Gasteiger partial charge in [-0.25, -0.2) is 9.97 Å². The first-order valence-corrected chi connectivity index (χ1v) is 7.94. The number of aryl methyl sites for hydroxylation is 1. The molecule has 0 aliphatic carbocycles. The molecule has 2 aromatic heterocycles. The Morgan fingerprint density at radius 2 is 2.05 bits per heavy atom. The van der Waals surface area contributed by atoms with E-state index in [-0.39, 0.29) is 5.91 Å². The van der Waals surface area contributed by atoms with Crippen molar-refractivity contribution in [1.82, 2.24) is 19.9 Å². The molecule has 0 bridgehead atoms. The van der Waals surface area contributed by atoms with Crippen LogP contribution in [0.3, 0.4) is 0 Å². The smallest absolute Gasteiger partial charge is 0.273 e. The van der Waals surface area contributed by atoms with Crippen molar-refractivity contribution in [2.75, 3.05) is 38.2 Å². The Bertz CT molecular complexity index is 653. The van der Waals surface area contributed by atoms with E-state index in [9.17, 15) is 4.79 Å². The summed E-state index contributed by atoms with van der Waals surface area (Å²) in [4.78, 5) is 29.0. The Morgan fingerprint density at radius 1 is 1.27 bits per heavy atom. The van der Waals surface area contributed by atoms with Gasteiger partial charge in [-0.2, -0.15) is 4.98 Å². The fourth-order valence-corrected chi connectivity index (χ4v) is 2.89. The molecule has 1 aliphatic rings. The molecule has 0 aromatic carbocycles. The van der Waals surface area contributed by atoms with Gasteiger partial charge in [0.2, 0.25) is 11.8 Å². The Kier molecular flexibility index (Phi) is 4.19. The predicted octanol–water partition coefficient (Wildman–Crippen LogP) is 1.21. The second kappa shape index (κ2) is 6.27. The highest BCUT2D eigenvalue weighted by atomic mass is 32.1. The fourth-order valence-electron chi connectivity index (χ4n) is 2.36. The van der Waals surface area contributed by atoms with Crippen LogP contribution in [0, 0.1) is 6.92 Å². The number of aromatic nitrogens is 3. The second-order valence-corrected chi connectivity index (χ2v) is 5.72. The van der Waals surface area contributed by atoms with Crippen molar-refractivity contribution in [1.29, 1.82) is 0 Å². The third kappa shape index (κ3) is 3.01. The van der Waals surface area contributed by atoms with Gasteiger partial charge < -0.3 is 14.5 Å². The van der Waals surface area contributed by atoms with Crippen molar-refractivity contribution in [3.63, 3.8) is 0 Å². The van der Waals surface area contributed by atoms with E-state index in [1.807, 2.05) is 11.8 Å². The minimum Gasteiger partial charge on any atom is -0.481 e. The molecule has 0 unspecified atom stereocenters. The van der Waals surface area contributed by atoms with Crippen LogP contribution in [0.15, 0.2) is 17.0 Å². The van der Waals surface area contributed by atoms with Crippen molar-refractivity contribution in [3.05, 3.63) is 28.3 Å². The lowest BCUT2D eigenvalue weighted by molar-refractivity contribution is 0.0741. The molecule has 116 valence electrons. The van der Waals surface area contributed by atoms with Gasteiger partial charge in [-0.1, -0.05) is 0 Å². The van der Waals surface area contributed by atoms with E-state index < -0.39 is 0 Å². The molecular formula is C14H17N5O2S. The summed E-state index contributed by atoms with van der Waals surface area (Å²) in [5, 5.41) is 1.78. The molecule has 0 N–H and O–H groups in total. The van der Waals surface area contributed by atoms with Gasteiger partial charge in [-0.3, -0.25) is 4.79 Å². The molecule has 22 heavy (non-hydrogen) atoms. The van der Waals surface area contributed by atoms with Gasteiger partial charge in [0.25, 0.3) is 5.91 Å². The van der Waals surface area contributed by atoms with Gasteiger partial charge in [0.15, 0.2) is 0 Å². The van der Waals surface area contributed by atoms with Crippen molar-refractivity contribution >= 4 is 23.2 Å². The molecule has 0 saturated carbocycles. The molecular weight excluding hydrogens is 302 g/mol. The summed E-state index contributed by atoms with van der Waals surface area (Å²) in [6, 6.07) is 1.80. The van der Waals surface area contributed by atoms with E-state index >= 15 is 0 Å². The zero-order chi connectivity index (χ0) is 15.5. The number of thiazole rings is 1. The highest BCUT2D eigenvalue weighted by Crippen LogP contribution is 2.17. The Hall–Kier alpha value is -2.22. The molecule has 1 fully saturated rings. The molecule has 0 spiro atoms. The number of carbonyl (C=O) groups is 1. The molecule has 0 radical (unpaired) electrons. The highest BCUT2D eigenvalue weighted by molar-refractivity contribution is 7.07. The lowest BCUT2D eigenvalue weighted by Crippen LogP contribution is -2.49. The Labute approximate surface area is 132 Å². The number of nitrogens with zero attached hydrogens (tertiary/aromatic N) is 5. The number of piperazine rings is 1. The average molecular weight is 319 g/mol. The first-order valence-electron chi connectivity index (χ1n) is 6.99. The van der Waals surface area contributed by atoms with Crippen LogP contribution in [0.25, 0.3) is 0 Å². The molecule has 1 saturated heterocycles. The van der Waals surface area contributed by atoms with Crippen LogP contribution in [0.5, 0.6) is 5.88 Å². The monoisotopic (exact) mass is 319 g/mol. The topological polar surface area (TPSA) is 71.5 Å². The first kappa shape index (κ1) is 14.7. The van der Waals surface area contributed by atoms with Gasteiger partial charge in [0.05, 0.1) is 12.6 Å². The maximum absolute atomic E-state index is 12.3. The van der Waals surface area contributed by atoms with E-state index in [0.717, 1.165) is 5.69 Å². The van der Waals surface area contributed by atoms with Gasteiger partial charge in [-0.05, 0) is 6.92 Å². The molecule has 7 nitrogen and oxygen atoms in total. The number of rotatable bonds is 3. The molecule has 3 rings (SSSR count). The quantitative estimate of drug-likeness (QED) is 0.847. The number of amides is 1. The fraction of sp³-hybridized carbons (Fsp3) is 0.429. The number of hydrogen-bond donors (Lipinski definition) is 0. The molecule has 3 heterocycles. The number of carbonyl (C=O) groups excluding carboxylic acids is 1. The summed E-state index contributed by atoms with van der Waals surface area (Å²) in [6.45, 7) is 4.58. The summed E-state index contributed by atoms with van der Waals surface area (Å²) in [6.07, 6.45) is 0. The van der Waals surface area contributed by atoms with E-state index in [4.69, 9.17) is 4.74 Å². The first-order chi connectivity index (χ1) is 10.7. The summed E-state index contributed by atoms with van der Waals surface area (Å²) >= 11 is 1.43. The number of methoxy groups -OCH3 is 1. The minimum absolute atomic E-state index is 0.0105. The van der Waals surface area contributed by atoms with Crippen LogP contribution in [-0.4, -0.2) is 59.0 Å². The van der Waals surface area contributed by atoms with Gasteiger partial charge in [0.1, 0.15) is 5.69 Å². The predicted molar refractivity (Wildman–Crippen MR) is 83.6 cm³/mol. The largest absolute Gasteiger partial charge is 0.481 e. The maximum atomic E-state index is 12.3. The van der Waals surface area contributed by atoms with Crippen LogP contribution < -0.4 is 9.64 Å². The van der Waals surface area contributed by atoms with E-state index in [2.05, 4.69) is 19.9 Å². The molecule has 1 aliphatic heterocycles. The molecule has 2 aromatic rings. The molecule has 0 atom stereocenters. The summed E-state index contributed by atoms with van der Waals surface area (Å²) in [7, 11) is 1.59. The zero-order valence-corrected chi connectivity index (χ0v) is 13.3. The van der Waals surface area contributed by atoms with Crippen molar-refractivity contribution in [2.45, 2.75) is 6.92 Å². The lowest BCUT2D eigenvalue weighted by Gasteiger charge is -2.34. The van der Waals surface area contributed by atoms with E-state index in [0.29, 0.717) is 43.7 Å². The zero-order valence-electron chi connectivity index (χ0n) is 12.5. The van der Waals surface area contributed by atoms with Gasteiger partial charge >= 0.3 is 0 Å². The summed E-state index contributed by atoms with van der Waals surface area (Å²) in [5.41, 5.74) is 3.06. The van der Waals surface area contributed by atoms with Crippen molar-refractivity contribution < 1.29 is 9.53 Å². The summed E-state index contributed by atoms with van der Waals surface area (Å²) in [5.74, 6) is 1.20. The number of anilines is 1. The van der Waals surface area contributed by atoms with E-state index in [1.165, 1.54) is 11.3 Å². The highest BCUT2D eigenvalue weighted by Gasteiger charge is 2.24. The third-order valence-corrected chi connectivity index (χ3v) is 4.12. The number of ether oxygens (including phenoxy) is 1. The standard InChI is InChI=1S/C14H17N5O2S/c1-10-7-12(21-2)17-14(16-10)19-5-3-18(4-6-19)13(20)11-8-22-9-15-11/h7-9H,3-6H2,1-2H3. The Balaban J connectivity index is 1.67. The van der Waals surface area contributed by atoms with Crippen LogP contribution >= 0.6 is 11.3 Å². The normalized spacial score (nSPS) is 15.0. The minimum atomic E-state index is -0.0105. The van der Waals surface area contributed by atoms with Crippen LogP contribution in [-0.2, 0) is 0 Å². The van der Waals surface area contributed by atoms with Crippen LogP contribution in [0.4, 0.5) is 5.95 Å². The summed E-state index contributed by atoms with van der Waals surface area (Å²) < 4.78 is 5.19. The van der Waals surface area contributed by atoms with Crippen LogP contribution in [0.1, 0.15) is 16.2 Å². The maximum Gasteiger partial charge on any atom is 0.273 e. The van der Waals surface area contributed by atoms with Crippen molar-refractivity contribution in [2.24, 2.45) is 0 Å². The number of hydrogen-bond acceptors (Lipinski definition) is 7. The second-order valence-electron chi connectivity index (χ2n) is 5.00. The van der Waals surface area contributed by atoms with E-state index in [1.54, 1.807) is 24.1 Å². The SMILES string of the molecule is COc1cc(C)nc(N2CCN(C(=O)c3cscn3)CC2)n1. The van der Waals surface area contributed by atoms with Crippen LogP contribution in [0.2, 0.25) is 0 Å². The third-order valence-electron chi connectivity index (χ3n) is 3.53. The molecule has 8 heteroatoms. The van der Waals surface area contributed by atoms with Gasteiger partial charge in [0, 0.05) is 43.3 Å². The van der Waals surface area contributed by atoms with Gasteiger partial charge in [-0.15, -0.1) is 11.3 Å². The Morgan fingerprint density at radius 3 is 2.68 bits per heavy atom. The average Bonchev–Trinajstić information content (AvgIpc) is 3.08. The molecule has 1 amide bonds.